The first-order valence-corrected chi connectivity index (χ1v) is 8.39. The summed E-state index contributed by atoms with van der Waals surface area (Å²) < 4.78 is 10.5. The number of para-hydroxylation sites is 1. The number of anilines is 2. The molecule has 134 valence electrons. The molecule has 0 radical (unpaired) electrons. The Kier molecular flexibility index (Phi) is 6.69. The smallest absolute Gasteiger partial charge is 0.226 e. The molecule has 0 bridgehead atoms. The number of carbonyl (C=O) groups is 1. The normalized spacial score (nSPS) is 10.4. The molecule has 2 rings (SSSR count). The molecule has 0 spiro atoms. The van der Waals surface area contributed by atoms with Crippen molar-refractivity contribution in [2.24, 2.45) is 0 Å². The standard InChI is InChI=1S/C20H26N2O3/c1-14(2)16-7-5-6-8-17(16)21-12-11-20(23)22-18-10-9-15(24-3)13-19(18)25-4/h5-10,13-14,21H,11-12H2,1-4H3,(H,22,23). The summed E-state index contributed by atoms with van der Waals surface area (Å²) in [6.07, 6.45) is 0.363. The molecule has 2 N–H and O–H groups in total. The van der Waals surface area contributed by atoms with Crippen LogP contribution in [0, 0.1) is 0 Å². The van der Waals surface area contributed by atoms with Gasteiger partial charge in [0.15, 0.2) is 0 Å². The van der Waals surface area contributed by atoms with Crippen molar-refractivity contribution in [1.82, 2.24) is 0 Å². The molecule has 5 nitrogen and oxygen atoms in total. The zero-order chi connectivity index (χ0) is 18.2. The van der Waals surface area contributed by atoms with E-state index in [-0.39, 0.29) is 5.91 Å². The zero-order valence-electron chi connectivity index (χ0n) is 15.3. The summed E-state index contributed by atoms with van der Waals surface area (Å²) in [4.78, 5) is 12.2. The van der Waals surface area contributed by atoms with E-state index < -0.39 is 0 Å². The Labute approximate surface area is 149 Å². The van der Waals surface area contributed by atoms with Gasteiger partial charge >= 0.3 is 0 Å². The molecule has 25 heavy (non-hydrogen) atoms. The van der Waals surface area contributed by atoms with Crippen LogP contribution in [-0.2, 0) is 4.79 Å². The van der Waals surface area contributed by atoms with Crippen LogP contribution < -0.4 is 20.1 Å². The number of ether oxygens (including phenoxy) is 2. The highest BCUT2D eigenvalue weighted by Crippen LogP contribution is 2.29. The molecule has 2 aromatic rings. The van der Waals surface area contributed by atoms with Crippen LogP contribution in [0.1, 0.15) is 31.7 Å². The van der Waals surface area contributed by atoms with Gasteiger partial charge in [-0.05, 0) is 29.7 Å². The highest BCUT2D eigenvalue weighted by atomic mass is 16.5. The van der Waals surface area contributed by atoms with Crippen molar-refractivity contribution in [1.29, 1.82) is 0 Å². The molecular formula is C20H26N2O3. The summed E-state index contributed by atoms with van der Waals surface area (Å²) in [6, 6.07) is 13.5. The van der Waals surface area contributed by atoms with Crippen LogP contribution >= 0.6 is 0 Å². The molecule has 0 fully saturated rings. The van der Waals surface area contributed by atoms with Crippen LogP contribution in [0.4, 0.5) is 11.4 Å². The van der Waals surface area contributed by atoms with E-state index in [2.05, 4.69) is 30.5 Å². The lowest BCUT2D eigenvalue weighted by Crippen LogP contribution is -2.17. The summed E-state index contributed by atoms with van der Waals surface area (Å²) in [7, 11) is 3.16. The van der Waals surface area contributed by atoms with Crippen molar-refractivity contribution in [2.75, 3.05) is 31.4 Å². The van der Waals surface area contributed by atoms with Crippen LogP contribution in [0.5, 0.6) is 11.5 Å². The molecule has 2 aromatic carbocycles. The fourth-order valence-electron chi connectivity index (χ4n) is 2.59. The minimum Gasteiger partial charge on any atom is -0.497 e. The van der Waals surface area contributed by atoms with Crippen LogP contribution in [0.15, 0.2) is 42.5 Å². The van der Waals surface area contributed by atoms with Gasteiger partial charge in [0.05, 0.1) is 19.9 Å². The van der Waals surface area contributed by atoms with Crippen molar-refractivity contribution in [2.45, 2.75) is 26.2 Å². The summed E-state index contributed by atoms with van der Waals surface area (Å²) in [5.41, 5.74) is 2.96. The van der Waals surface area contributed by atoms with Gasteiger partial charge in [-0.3, -0.25) is 4.79 Å². The maximum atomic E-state index is 12.2. The molecule has 0 heterocycles. The monoisotopic (exact) mass is 342 g/mol. The molecule has 0 saturated carbocycles. The van der Waals surface area contributed by atoms with E-state index in [4.69, 9.17) is 9.47 Å². The molecule has 0 unspecified atom stereocenters. The molecule has 0 aliphatic rings. The maximum Gasteiger partial charge on any atom is 0.226 e. The first kappa shape index (κ1) is 18.6. The second-order valence-corrected chi connectivity index (χ2v) is 6.03. The van der Waals surface area contributed by atoms with Crippen LogP contribution in [-0.4, -0.2) is 26.7 Å². The lowest BCUT2D eigenvalue weighted by molar-refractivity contribution is -0.116. The van der Waals surface area contributed by atoms with Gasteiger partial charge in [-0.25, -0.2) is 0 Å². The van der Waals surface area contributed by atoms with Gasteiger partial charge < -0.3 is 20.1 Å². The van der Waals surface area contributed by atoms with E-state index in [1.54, 1.807) is 32.4 Å². The largest absolute Gasteiger partial charge is 0.497 e. The molecule has 5 heteroatoms. The summed E-state index contributed by atoms with van der Waals surface area (Å²) >= 11 is 0. The van der Waals surface area contributed by atoms with Gasteiger partial charge in [0.25, 0.3) is 0 Å². The molecule has 0 aliphatic heterocycles. The summed E-state index contributed by atoms with van der Waals surface area (Å²) in [5.74, 6) is 1.62. The molecule has 0 atom stereocenters. The Bertz CT molecular complexity index is 714. The van der Waals surface area contributed by atoms with Crippen LogP contribution in [0.3, 0.4) is 0 Å². The Morgan fingerprint density at radius 1 is 1.04 bits per heavy atom. The van der Waals surface area contributed by atoms with Crippen LogP contribution in [0.2, 0.25) is 0 Å². The van der Waals surface area contributed by atoms with Gasteiger partial charge in [0.2, 0.25) is 5.91 Å². The molecule has 0 aromatic heterocycles. The van der Waals surface area contributed by atoms with E-state index in [1.807, 2.05) is 18.2 Å². The summed E-state index contributed by atoms with van der Waals surface area (Å²) in [6.45, 7) is 4.88. The average Bonchev–Trinajstić information content (AvgIpc) is 2.62. The van der Waals surface area contributed by atoms with Gasteiger partial charge in [-0.15, -0.1) is 0 Å². The Hall–Kier alpha value is -2.69. The Balaban J connectivity index is 1.92. The van der Waals surface area contributed by atoms with Crippen molar-refractivity contribution in [3.63, 3.8) is 0 Å². The second kappa shape index (κ2) is 8.97. The Morgan fingerprint density at radius 2 is 1.80 bits per heavy atom. The number of benzene rings is 2. The lowest BCUT2D eigenvalue weighted by atomic mass is 10.0. The number of hydrogen-bond acceptors (Lipinski definition) is 4. The molecule has 0 aliphatic carbocycles. The number of hydrogen-bond donors (Lipinski definition) is 2. The van der Waals surface area contributed by atoms with E-state index in [0.717, 1.165) is 5.69 Å². The highest BCUT2D eigenvalue weighted by Gasteiger charge is 2.10. The van der Waals surface area contributed by atoms with E-state index in [1.165, 1.54) is 5.56 Å². The van der Waals surface area contributed by atoms with Gasteiger partial charge in [0.1, 0.15) is 11.5 Å². The zero-order valence-corrected chi connectivity index (χ0v) is 15.3. The first-order chi connectivity index (χ1) is 12.0. The minimum absolute atomic E-state index is 0.0713. The third kappa shape index (κ3) is 5.14. The third-order valence-electron chi connectivity index (χ3n) is 3.93. The average molecular weight is 342 g/mol. The van der Waals surface area contributed by atoms with E-state index in [0.29, 0.717) is 36.1 Å². The molecule has 0 saturated heterocycles. The van der Waals surface area contributed by atoms with Gasteiger partial charge in [-0.1, -0.05) is 32.0 Å². The van der Waals surface area contributed by atoms with Gasteiger partial charge in [0, 0.05) is 24.7 Å². The minimum atomic E-state index is -0.0713. The quantitative estimate of drug-likeness (QED) is 0.752. The van der Waals surface area contributed by atoms with E-state index in [9.17, 15) is 4.79 Å². The third-order valence-corrected chi connectivity index (χ3v) is 3.93. The fourth-order valence-corrected chi connectivity index (χ4v) is 2.59. The number of rotatable bonds is 8. The summed E-state index contributed by atoms with van der Waals surface area (Å²) in [5, 5.41) is 6.22. The van der Waals surface area contributed by atoms with Crippen LogP contribution in [0.25, 0.3) is 0 Å². The predicted octanol–water partition coefficient (Wildman–Crippen LogP) is 4.27. The number of nitrogens with one attached hydrogen (secondary N) is 2. The highest BCUT2D eigenvalue weighted by molar-refractivity contribution is 5.92. The van der Waals surface area contributed by atoms with Crippen molar-refractivity contribution in [3.05, 3.63) is 48.0 Å². The number of carbonyl (C=O) groups excluding carboxylic acids is 1. The fraction of sp³-hybridized carbons (Fsp3) is 0.350. The second-order valence-electron chi connectivity index (χ2n) is 6.03. The van der Waals surface area contributed by atoms with Crippen molar-refractivity contribution < 1.29 is 14.3 Å². The predicted molar refractivity (Wildman–Crippen MR) is 102 cm³/mol. The molecule has 1 amide bonds. The maximum absolute atomic E-state index is 12.2. The lowest BCUT2D eigenvalue weighted by Gasteiger charge is -2.15. The molecular weight excluding hydrogens is 316 g/mol. The van der Waals surface area contributed by atoms with Crippen molar-refractivity contribution in [3.8, 4) is 11.5 Å². The Morgan fingerprint density at radius 3 is 2.48 bits per heavy atom. The SMILES string of the molecule is COc1ccc(NC(=O)CCNc2ccccc2C(C)C)c(OC)c1. The van der Waals surface area contributed by atoms with Crippen molar-refractivity contribution >= 4 is 17.3 Å². The number of methoxy groups -OCH3 is 2. The topological polar surface area (TPSA) is 59.6 Å². The van der Waals surface area contributed by atoms with E-state index >= 15 is 0 Å². The van der Waals surface area contributed by atoms with Gasteiger partial charge in [-0.2, -0.15) is 0 Å². The number of amides is 1. The first-order valence-electron chi connectivity index (χ1n) is 8.39.